The van der Waals surface area contributed by atoms with Crippen molar-refractivity contribution in [2.45, 2.75) is 32.2 Å². The van der Waals surface area contributed by atoms with Crippen LogP contribution in [0.25, 0.3) is 0 Å². The van der Waals surface area contributed by atoms with Crippen LogP contribution in [0.2, 0.25) is 0 Å². The maximum absolute atomic E-state index is 11.4. The Balaban J connectivity index is 4.35. The Kier molecular flexibility index (Phi) is 6.10. The monoisotopic (exact) mass is 292 g/mol. The molecule has 0 bridgehead atoms. The second-order valence-corrected chi connectivity index (χ2v) is 4.83. The Morgan fingerprint density at radius 2 is 2.06 bits per heavy atom. The van der Waals surface area contributed by atoms with Crippen LogP contribution in [-0.2, 0) is 4.79 Å². The van der Waals surface area contributed by atoms with E-state index in [2.05, 4.69) is 33.1 Å². The van der Waals surface area contributed by atoms with E-state index >= 15 is 0 Å². The molecule has 0 aliphatic heterocycles. The van der Waals surface area contributed by atoms with Crippen molar-refractivity contribution < 1.29 is 14.7 Å². The summed E-state index contributed by atoms with van der Waals surface area (Å²) < 4.78 is 0.621. The van der Waals surface area contributed by atoms with Crippen LogP contribution in [0.15, 0.2) is 11.1 Å². The number of nitrogens with one attached hydrogen (secondary N) is 2. The summed E-state index contributed by atoms with van der Waals surface area (Å²) in [6, 6.07) is -0.515. The first-order valence-corrected chi connectivity index (χ1v) is 5.74. The summed E-state index contributed by atoms with van der Waals surface area (Å²) in [7, 11) is 0. The molecule has 2 amide bonds. The highest BCUT2D eigenvalue weighted by molar-refractivity contribution is 9.11. The highest BCUT2D eigenvalue weighted by atomic mass is 79.9. The van der Waals surface area contributed by atoms with E-state index in [0.717, 1.165) is 0 Å². The molecule has 1 atom stereocenters. The molecule has 0 spiro atoms. The zero-order valence-corrected chi connectivity index (χ0v) is 11.1. The van der Waals surface area contributed by atoms with Gasteiger partial charge in [0.1, 0.15) is 5.54 Å². The Morgan fingerprint density at radius 1 is 1.50 bits per heavy atom. The highest BCUT2D eigenvalue weighted by Crippen LogP contribution is 2.12. The van der Waals surface area contributed by atoms with Crippen LogP contribution < -0.4 is 10.6 Å². The number of urea groups is 1. The van der Waals surface area contributed by atoms with Gasteiger partial charge < -0.3 is 15.7 Å². The molecule has 1 unspecified atom stereocenters. The van der Waals surface area contributed by atoms with E-state index in [4.69, 9.17) is 5.11 Å². The minimum atomic E-state index is -1.23. The lowest BCUT2D eigenvalue weighted by Gasteiger charge is -2.25. The lowest BCUT2D eigenvalue weighted by molar-refractivity contribution is -0.144. The molecule has 0 radical (unpaired) electrons. The van der Waals surface area contributed by atoms with E-state index in [1.165, 1.54) is 6.92 Å². The van der Waals surface area contributed by atoms with Crippen molar-refractivity contribution in [3.63, 3.8) is 0 Å². The third kappa shape index (κ3) is 5.16. The number of rotatable bonds is 6. The van der Waals surface area contributed by atoms with Crippen LogP contribution >= 0.6 is 15.9 Å². The minimum Gasteiger partial charge on any atom is -0.480 e. The molecule has 0 rings (SSSR count). The maximum Gasteiger partial charge on any atom is 0.329 e. The third-order valence-electron chi connectivity index (χ3n) is 2.05. The standard InChI is InChI=1S/C10H17BrN2O3/c1-4-5-10(3,8(14)15)13-9(16)12-6-7(2)11/h2,4-6H2,1,3H3,(H,14,15)(H2,12,13,16). The van der Waals surface area contributed by atoms with Crippen molar-refractivity contribution in [3.8, 4) is 0 Å². The molecule has 0 aromatic heterocycles. The van der Waals surface area contributed by atoms with Crippen molar-refractivity contribution in [3.05, 3.63) is 11.1 Å². The predicted octanol–water partition coefficient (Wildman–Crippen LogP) is 1.84. The molecule has 0 saturated carbocycles. The first kappa shape index (κ1) is 15.0. The molecular formula is C10H17BrN2O3. The van der Waals surface area contributed by atoms with Crippen molar-refractivity contribution in [1.82, 2.24) is 10.6 Å². The average Bonchev–Trinajstić information content (AvgIpc) is 2.14. The van der Waals surface area contributed by atoms with Crippen molar-refractivity contribution in [2.24, 2.45) is 0 Å². The van der Waals surface area contributed by atoms with Crippen molar-refractivity contribution in [1.29, 1.82) is 0 Å². The quantitative estimate of drug-likeness (QED) is 0.699. The Labute approximate surface area is 103 Å². The molecule has 3 N–H and O–H groups in total. The van der Waals surface area contributed by atoms with Crippen LogP contribution in [0.4, 0.5) is 4.79 Å². The van der Waals surface area contributed by atoms with E-state index in [9.17, 15) is 9.59 Å². The van der Waals surface area contributed by atoms with Crippen LogP contribution in [0, 0.1) is 0 Å². The molecule has 0 heterocycles. The highest BCUT2D eigenvalue weighted by Gasteiger charge is 2.33. The first-order valence-electron chi connectivity index (χ1n) is 4.94. The number of amides is 2. The average molecular weight is 293 g/mol. The Bertz CT molecular complexity index is 294. The van der Waals surface area contributed by atoms with Gasteiger partial charge in [-0.2, -0.15) is 0 Å². The van der Waals surface area contributed by atoms with Crippen LogP contribution in [-0.4, -0.2) is 29.2 Å². The zero-order valence-electron chi connectivity index (χ0n) is 9.47. The Morgan fingerprint density at radius 3 is 2.44 bits per heavy atom. The minimum absolute atomic E-state index is 0.258. The number of halogens is 1. The largest absolute Gasteiger partial charge is 0.480 e. The van der Waals surface area contributed by atoms with Gasteiger partial charge in [-0.15, -0.1) is 0 Å². The van der Waals surface area contributed by atoms with Gasteiger partial charge in [0.05, 0.1) is 6.54 Å². The predicted molar refractivity (Wildman–Crippen MR) is 65.6 cm³/mol. The molecule has 6 heteroatoms. The van der Waals surface area contributed by atoms with Gasteiger partial charge in [0.25, 0.3) is 0 Å². The van der Waals surface area contributed by atoms with Gasteiger partial charge in [-0.05, 0) is 13.3 Å². The lowest BCUT2D eigenvalue weighted by Crippen LogP contribution is -2.55. The summed E-state index contributed by atoms with van der Waals surface area (Å²) in [5, 5.41) is 13.9. The SMILES string of the molecule is C=C(Br)CNC(=O)NC(C)(CCC)C(=O)O. The van der Waals surface area contributed by atoms with Gasteiger partial charge in [-0.1, -0.05) is 35.9 Å². The molecule has 0 aromatic rings. The zero-order chi connectivity index (χ0) is 12.8. The fourth-order valence-corrected chi connectivity index (χ4v) is 1.33. The summed E-state index contributed by atoms with van der Waals surface area (Å²) in [6.07, 6.45) is 1.05. The molecule has 5 nitrogen and oxygen atoms in total. The smallest absolute Gasteiger partial charge is 0.329 e. The van der Waals surface area contributed by atoms with Gasteiger partial charge in [0.2, 0.25) is 0 Å². The van der Waals surface area contributed by atoms with E-state index in [0.29, 0.717) is 17.3 Å². The van der Waals surface area contributed by atoms with Crippen LogP contribution in [0.3, 0.4) is 0 Å². The molecule has 0 fully saturated rings. The van der Waals surface area contributed by atoms with E-state index in [1.54, 1.807) is 0 Å². The molecule has 0 saturated heterocycles. The van der Waals surface area contributed by atoms with Gasteiger partial charge >= 0.3 is 12.0 Å². The van der Waals surface area contributed by atoms with Crippen LogP contribution in [0.1, 0.15) is 26.7 Å². The van der Waals surface area contributed by atoms with E-state index < -0.39 is 17.5 Å². The van der Waals surface area contributed by atoms with Gasteiger partial charge in [0, 0.05) is 4.48 Å². The fourth-order valence-electron chi connectivity index (χ4n) is 1.19. The van der Waals surface area contributed by atoms with E-state index in [-0.39, 0.29) is 6.54 Å². The molecule has 0 aliphatic rings. The fraction of sp³-hybridized carbons (Fsp3) is 0.600. The number of hydrogen-bond donors (Lipinski definition) is 3. The van der Waals surface area contributed by atoms with Gasteiger partial charge in [-0.25, -0.2) is 9.59 Å². The van der Waals surface area contributed by atoms with Crippen molar-refractivity contribution >= 4 is 27.9 Å². The summed E-state index contributed by atoms with van der Waals surface area (Å²) in [5.74, 6) is -1.04. The number of carbonyl (C=O) groups is 2. The van der Waals surface area contributed by atoms with Crippen molar-refractivity contribution in [2.75, 3.05) is 6.54 Å². The summed E-state index contributed by atoms with van der Waals surface area (Å²) in [6.45, 7) is 7.16. The number of carboxylic acids is 1. The molecular weight excluding hydrogens is 276 g/mol. The second-order valence-electron chi connectivity index (χ2n) is 3.71. The maximum atomic E-state index is 11.4. The molecule has 92 valence electrons. The number of hydrogen-bond acceptors (Lipinski definition) is 2. The normalized spacial score (nSPS) is 13.7. The van der Waals surface area contributed by atoms with Gasteiger partial charge in [-0.3, -0.25) is 0 Å². The Hall–Kier alpha value is -1.04. The summed E-state index contributed by atoms with van der Waals surface area (Å²) >= 11 is 3.09. The molecule has 0 aliphatic carbocycles. The number of aliphatic carboxylic acids is 1. The third-order valence-corrected chi connectivity index (χ3v) is 2.33. The lowest BCUT2D eigenvalue weighted by atomic mass is 9.97. The summed E-state index contributed by atoms with van der Waals surface area (Å²) in [5.41, 5.74) is -1.23. The second kappa shape index (κ2) is 6.52. The molecule has 16 heavy (non-hydrogen) atoms. The number of carboxylic acid groups (broad SMARTS) is 1. The molecule has 0 aromatic carbocycles. The van der Waals surface area contributed by atoms with E-state index in [1.807, 2.05) is 6.92 Å². The van der Waals surface area contributed by atoms with Gasteiger partial charge in [0.15, 0.2) is 0 Å². The van der Waals surface area contributed by atoms with Crippen LogP contribution in [0.5, 0.6) is 0 Å². The topological polar surface area (TPSA) is 78.4 Å². The summed E-state index contributed by atoms with van der Waals surface area (Å²) in [4.78, 5) is 22.4. The number of carbonyl (C=O) groups excluding carboxylic acids is 1. The first-order chi connectivity index (χ1) is 7.31.